The molecule has 0 aliphatic carbocycles. The van der Waals surface area contributed by atoms with Crippen molar-refractivity contribution in [1.29, 1.82) is 0 Å². The highest BCUT2D eigenvalue weighted by molar-refractivity contribution is 6.02. The number of carbonyl (C=O) groups excluding carboxylic acids is 1. The summed E-state index contributed by atoms with van der Waals surface area (Å²) in [5.41, 5.74) is 8.63. The topological polar surface area (TPSA) is 61.6 Å². The molecule has 0 aromatic heterocycles. The second kappa shape index (κ2) is 5.59. The largest absolute Gasteiger partial charge is 0.374 e. The van der Waals surface area contributed by atoms with Gasteiger partial charge in [0.25, 0.3) is 0 Å². The van der Waals surface area contributed by atoms with Gasteiger partial charge in [-0.2, -0.15) is 0 Å². The third-order valence-corrected chi connectivity index (χ3v) is 3.45. The molecular formula is C14H22N4O. The molecule has 19 heavy (non-hydrogen) atoms. The second-order valence-corrected chi connectivity index (χ2v) is 5.32. The predicted molar refractivity (Wildman–Crippen MR) is 78.4 cm³/mol. The lowest BCUT2D eigenvalue weighted by Crippen LogP contribution is -2.23. The third-order valence-electron chi connectivity index (χ3n) is 3.45. The standard InChI is InChI=1S/C14H22N4O/c1-17(2)7-4-8-18(3)10-5-6-11-12(9-10)16-14(19)13(11)15/h5-6,9,13H,4,7-8,15H2,1-3H3,(H,16,19). The van der Waals surface area contributed by atoms with Crippen LogP contribution in [0.4, 0.5) is 11.4 Å². The first kappa shape index (κ1) is 13.8. The van der Waals surface area contributed by atoms with Crippen LogP contribution in [0.5, 0.6) is 0 Å². The minimum Gasteiger partial charge on any atom is -0.374 e. The van der Waals surface area contributed by atoms with E-state index in [1.165, 1.54) is 0 Å². The number of nitrogens with one attached hydrogen (secondary N) is 1. The smallest absolute Gasteiger partial charge is 0.245 e. The predicted octanol–water partition coefficient (Wildman–Crippen LogP) is 1.03. The zero-order chi connectivity index (χ0) is 14.0. The maximum atomic E-state index is 11.5. The van der Waals surface area contributed by atoms with E-state index < -0.39 is 6.04 Å². The highest BCUT2D eigenvalue weighted by Gasteiger charge is 2.27. The van der Waals surface area contributed by atoms with Gasteiger partial charge in [-0.3, -0.25) is 4.79 Å². The van der Waals surface area contributed by atoms with E-state index in [1.54, 1.807) is 0 Å². The van der Waals surface area contributed by atoms with Crippen molar-refractivity contribution in [2.45, 2.75) is 12.5 Å². The van der Waals surface area contributed by atoms with Crippen molar-refractivity contribution in [3.05, 3.63) is 23.8 Å². The zero-order valence-corrected chi connectivity index (χ0v) is 11.8. The van der Waals surface area contributed by atoms with E-state index in [2.05, 4.69) is 36.3 Å². The summed E-state index contributed by atoms with van der Waals surface area (Å²) >= 11 is 0. The van der Waals surface area contributed by atoms with Gasteiger partial charge in [-0.25, -0.2) is 0 Å². The summed E-state index contributed by atoms with van der Waals surface area (Å²) in [7, 11) is 6.21. The molecule has 1 atom stereocenters. The number of carbonyl (C=O) groups is 1. The van der Waals surface area contributed by atoms with E-state index in [1.807, 2.05) is 18.2 Å². The minimum absolute atomic E-state index is 0.123. The Kier molecular flexibility index (Phi) is 4.07. The molecule has 0 fully saturated rings. The zero-order valence-electron chi connectivity index (χ0n) is 11.8. The van der Waals surface area contributed by atoms with Crippen LogP contribution in [-0.4, -0.2) is 45.0 Å². The van der Waals surface area contributed by atoms with Crippen LogP contribution in [0.3, 0.4) is 0 Å². The second-order valence-electron chi connectivity index (χ2n) is 5.32. The van der Waals surface area contributed by atoms with Gasteiger partial charge >= 0.3 is 0 Å². The van der Waals surface area contributed by atoms with Crippen molar-refractivity contribution >= 4 is 17.3 Å². The van der Waals surface area contributed by atoms with Crippen LogP contribution in [0.1, 0.15) is 18.0 Å². The van der Waals surface area contributed by atoms with Gasteiger partial charge in [0.2, 0.25) is 5.91 Å². The van der Waals surface area contributed by atoms with Crippen LogP contribution in [-0.2, 0) is 4.79 Å². The molecule has 1 heterocycles. The maximum Gasteiger partial charge on any atom is 0.245 e. The summed E-state index contributed by atoms with van der Waals surface area (Å²) in [4.78, 5) is 15.9. The Morgan fingerprint density at radius 1 is 1.26 bits per heavy atom. The highest BCUT2D eigenvalue weighted by Crippen LogP contribution is 2.32. The van der Waals surface area contributed by atoms with E-state index >= 15 is 0 Å². The van der Waals surface area contributed by atoms with E-state index in [4.69, 9.17) is 5.73 Å². The molecule has 0 radical (unpaired) electrons. The molecule has 5 nitrogen and oxygen atoms in total. The number of hydrogen-bond acceptors (Lipinski definition) is 4. The van der Waals surface area contributed by atoms with E-state index in [-0.39, 0.29) is 5.91 Å². The van der Waals surface area contributed by atoms with Gasteiger partial charge in [-0.05, 0) is 39.2 Å². The molecule has 2 rings (SSSR count). The van der Waals surface area contributed by atoms with Gasteiger partial charge in [0, 0.05) is 30.5 Å². The Labute approximate surface area is 114 Å². The number of benzene rings is 1. The molecule has 0 spiro atoms. The molecule has 1 aromatic rings. The average Bonchev–Trinajstić information content (AvgIpc) is 2.64. The van der Waals surface area contributed by atoms with Crippen molar-refractivity contribution in [3.63, 3.8) is 0 Å². The molecule has 0 saturated carbocycles. The molecule has 0 bridgehead atoms. The summed E-state index contributed by atoms with van der Waals surface area (Å²) in [5, 5.41) is 2.82. The summed E-state index contributed by atoms with van der Waals surface area (Å²) in [6, 6.07) is 5.43. The van der Waals surface area contributed by atoms with E-state index in [0.29, 0.717) is 0 Å². The van der Waals surface area contributed by atoms with Crippen molar-refractivity contribution in [1.82, 2.24) is 4.90 Å². The van der Waals surface area contributed by atoms with Crippen LogP contribution in [0.2, 0.25) is 0 Å². The van der Waals surface area contributed by atoms with Gasteiger partial charge in [-0.1, -0.05) is 6.07 Å². The number of rotatable bonds is 5. The summed E-state index contributed by atoms with van der Waals surface area (Å²) in [6.45, 7) is 2.05. The average molecular weight is 262 g/mol. The quantitative estimate of drug-likeness (QED) is 0.832. The SMILES string of the molecule is CN(C)CCCN(C)c1ccc2c(c1)NC(=O)C2N. The molecule has 3 N–H and O–H groups in total. The van der Waals surface area contributed by atoms with Crippen LogP contribution in [0.15, 0.2) is 18.2 Å². The fourth-order valence-electron chi connectivity index (χ4n) is 2.27. The molecule has 1 aromatic carbocycles. The first-order valence-electron chi connectivity index (χ1n) is 6.55. The molecule has 104 valence electrons. The maximum absolute atomic E-state index is 11.5. The Hall–Kier alpha value is -1.59. The molecule has 5 heteroatoms. The molecule has 1 unspecified atom stereocenters. The van der Waals surface area contributed by atoms with Crippen LogP contribution < -0.4 is 16.0 Å². The monoisotopic (exact) mass is 262 g/mol. The third kappa shape index (κ3) is 3.05. The van der Waals surface area contributed by atoms with Crippen LogP contribution in [0, 0.1) is 0 Å². The molecule has 1 amide bonds. The van der Waals surface area contributed by atoms with Gasteiger partial charge in [0.05, 0.1) is 0 Å². The van der Waals surface area contributed by atoms with E-state index in [9.17, 15) is 4.79 Å². The number of nitrogens with zero attached hydrogens (tertiary/aromatic N) is 2. The molecular weight excluding hydrogens is 240 g/mol. The Bertz CT molecular complexity index is 473. The van der Waals surface area contributed by atoms with Gasteiger partial charge in [0.15, 0.2) is 0 Å². The van der Waals surface area contributed by atoms with Gasteiger partial charge < -0.3 is 20.9 Å². The lowest BCUT2D eigenvalue weighted by atomic mass is 10.1. The lowest BCUT2D eigenvalue weighted by molar-refractivity contribution is -0.116. The fraction of sp³-hybridized carbons (Fsp3) is 0.500. The number of amides is 1. The Balaban J connectivity index is 2.02. The number of nitrogens with two attached hydrogens (primary N) is 1. The van der Waals surface area contributed by atoms with Crippen molar-refractivity contribution < 1.29 is 4.79 Å². The fourth-order valence-corrected chi connectivity index (χ4v) is 2.27. The van der Waals surface area contributed by atoms with Crippen LogP contribution >= 0.6 is 0 Å². The summed E-state index contributed by atoms with van der Waals surface area (Å²) < 4.78 is 0. The van der Waals surface area contributed by atoms with Gasteiger partial charge in [0.1, 0.15) is 6.04 Å². The summed E-state index contributed by atoms with van der Waals surface area (Å²) in [6.07, 6.45) is 1.10. The molecule has 1 aliphatic rings. The highest BCUT2D eigenvalue weighted by atomic mass is 16.2. The van der Waals surface area contributed by atoms with Crippen molar-refractivity contribution in [2.24, 2.45) is 5.73 Å². The molecule has 1 aliphatic heterocycles. The summed E-state index contributed by atoms with van der Waals surface area (Å²) in [5.74, 6) is -0.123. The van der Waals surface area contributed by atoms with Crippen molar-refractivity contribution in [2.75, 3.05) is 44.4 Å². The van der Waals surface area contributed by atoms with Gasteiger partial charge in [-0.15, -0.1) is 0 Å². The normalized spacial score (nSPS) is 17.5. The van der Waals surface area contributed by atoms with Crippen molar-refractivity contribution in [3.8, 4) is 0 Å². The Morgan fingerprint density at radius 3 is 2.68 bits per heavy atom. The lowest BCUT2D eigenvalue weighted by Gasteiger charge is -2.21. The molecule has 0 saturated heterocycles. The number of fused-ring (bicyclic) bond motifs is 1. The van der Waals surface area contributed by atoms with Crippen LogP contribution in [0.25, 0.3) is 0 Å². The number of hydrogen-bond donors (Lipinski definition) is 2. The first-order valence-corrected chi connectivity index (χ1v) is 6.55. The minimum atomic E-state index is -0.525. The number of anilines is 2. The first-order chi connectivity index (χ1) is 8.99. The van der Waals surface area contributed by atoms with E-state index in [0.717, 1.165) is 36.4 Å². The Morgan fingerprint density at radius 2 is 2.00 bits per heavy atom.